The zero-order valence-electron chi connectivity index (χ0n) is 22.1. The molecule has 0 atom stereocenters. The number of carbonyl (C=O) groups excluding carboxylic acids is 1. The van der Waals surface area contributed by atoms with Crippen molar-refractivity contribution in [3.63, 3.8) is 0 Å². The van der Waals surface area contributed by atoms with Gasteiger partial charge in [0.2, 0.25) is 0 Å². The fraction of sp³-hybridized carbons (Fsp3) is 0.125. The van der Waals surface area contributed by atoms with Gasteiger partial charge in [0.1, 0.15) is 36.3 Å². The lowest BCUT2D eigenvalue weighted by molar-refractivity contribution is 0.0923. The maximum absolute atomic E-state index is 13.3. The zero-order chi connectivity index (χ0) is 27.9. The number of aromatic nitrogens is 1. The van der Waals surface area contributed by atoms with Crippen molar-refractivity contribution >= 4 is 12.1 Å². The number of nitrogens with zero attached hydrogens (tertiary/aromatic N) is 2. The van der Waals surface area contributed by atoms with Gasteiger partial charge in [0, 0.05) is 17.1 Å². The fourth-order valence-electron chi connectivity index (χ4n) is 4.20. The van der Waals surface area contributed by atoms with E-state index in [2.05, 4.69) is 41.1 Å². The highest BCUT2D eigenvalue weighted by atomic mass is 19.1. The molecule has 40 heavy (non-hydrogen) atoms. The predicted octanol–water partition coefficient (Wildman–Crippen LogP) is 6.75. The lowest BCUT2D eigenvalue weighted by atomic mass is 10.2. The van der Waals surface area contributed by atoms with E-state index < -0.39 is 5.91 Å². The number of hydrazone groups is 1. The summed E-state index contributed by atoms with van der Waals surface area (Å²) in [5.41, 5.74) is 7.30. The Morgan fingerprint density at radius 3 is 2.40 bits per heavy atom. The molecule has 0 aliphatic rings. The molecule has 3 aromatic carbocycles. The van der Waals surface area contributed by atoms with Crippen LogP contribution in [0.4, 0.5) is 4.39 Å². The largest absolute Gasteiger partial charge is 0.489 e. The van der Waals surface area contributed by atoms with E-state index in [-0.39, 0.29) is 24.8 Å². The highest BCUT2D eigenvalue weighted by Gasteiger charge is 2.11. The number of ether oxygens (including phenoxy) is 2. The molecule has 1 N–H and O–H groups in total. The number of aryl methyl sites for hydroxylation is 2. The first-order valence-electron chi connectivity index (χ1n) is 12.7. The molecule has 0 saturated carbocycles. The average molecular weight is 538 g/mol. The third kappa shape index (κ3) is 6.66. The van der Waals surface area contributed by atoms with Crippen LogP contribution in [0.2, 0.25) is 0 Å². The summed E-state index contributed by atoms with van der Waals surface area (Å²) in [4.78, 5) is 12.5. The summed E-state index contributed by atoms with van der Waals surface area (Å²) in [5.74, 6) is 1.14. The number of benzene rings is 3. The van der Waals surface area contributed by atoms with Gasteiger partial charge in [-0.15, -0.1) is 0 Å². The first-order chi connectivity index (χ1) is 19.4. The van der Waals surface area contributed by atoms with Gasteiger partial charge in [0.05, 0.1) is 6.21 Å². The van der Waals surface area contributed by atoms with Crippen molar-refractivity contribution in [3.8, 4) is 17.2 Å². The number of hydrogen-bond donors (Lipinski definition) is 1. The molecule has 0 radical (unpaired) electrons. The monoisotopic (exact) mass is 537 g/mol. The fourth-order valence-corrected chi connectivity index (χ4v) is 4.20. The van der Waals surface area contributed by atoms with Crippen molar-refractivity contribution < 1.29 is 23.1 Å². The normalized spacial score (nSPS) is 11.1. The molecule has 202 valence electrons. The highest BCUT2D eigenvalue weighted by Crippen LogP contribution is 2.21. The quantitative estimate of drug-likeness (QED) is 0.158. The van der Waals surface area contributed by atoms with Crippen molar-refractivity contribution in [1.29, 1.82) is 0 Å². The molecule has 1 amide bonds. The molecular weight excluding hydrogens is 509 g/mol. The summed E-state index contributed by atoms with van der Waals surface area (Å²) >= 11 is 0. The third-order valence-corrected chi connectivity index (χ3v) is 6.16. The number of amides is 1. The Morgan fingerprint density at radius 2 is 1.62 bits per heavy atom. The van der Waals surface area contributed by atoms with Gasteiger partial charge in [0.15, 0.2) is 5.76 Å². The second-order valence-corrected chi connectivity index (χ2v) is 9.19. The first-order valence-corrected chi connectivity index (χ1v) is 12.7. The van der Waals surface area contributed by atoms with Crippen LogP contribution in [0.25, 0.3) is 5.69 Å². The number of carbonyl (C=O) groups is 1. The summed E-state index contributed by atoms with van der Waals surface area (Å²) < 4.78 is 32.7. The predicted molar refractivity (Wildman–Crippen MR) is 151 cm³/mol. The Bertz CT molecular complexity index is 1620. The van der Waals surface area contributed by atoms with Crippen LogP contribution in [0, 0.1) is 19.7 Å². The van der Waals surface area contributed by atoms with Gasteiger partial charge < -0.3 is 18.5 Å². The van der Waals surface area contributed by atoms with Crippen molar-refractivity contribution in [1.82, 2.24) is 9.99 Å². The molecule has 0 bridgehead atoms. The van der Waals surface area contributed by atoms with Crippen LogP contribution in [0.5, 0.6) is 11.5 Å². The van der Waals surface area contributed by atoms with E-state index in [9.17, 15) is 9.18 Å². The van der Waals surface area contributed by atoms with Crippen molar-refractivity contribution in [2.75, 3.05) is 0 Å². The van der Waals surface area contributed by atoms with Crippen LogP contribution in [0.1, 0.15) is 38.8 Å². The minimum Gasteiger partial charge on any atom is -0.489 e. The smallest absolute Gasteiger partial charge is 0.307 e. The third-order valence-electron chi connectivity index (χ3n) is 6.16. The van der Waals surface area contributed by atoms with E-state index in [1.165, 1.54) is 18.3 Å². The molecule has 0 spiro atoms. The van der Waals surface area contributed by atoms with Crippen molar-refractivity contribution in [2.24, 2.45) is 5.10 Å². The van der Waals surface area contributed by atoms with Gasteiger partial charge in [-0.25, -0.2) is 9.82 Å². The SMILES string of the molecule is Cc1ccc(C)n1-c1ccc(OCc2ccc(C(=O)N/N=C/c3cccc(OCc4cccc(F)c4)c3)o2)cc1. The van der Waals surface area contributed by atoms with Crippen molar-refractivity contribution in [2.45, 2.75) is 27.1 Å². The van der Waals surface area contributed by atoms with Crippen LogP contribution in [-0.2, 0) is 13.2 Å². The molecule has 0 saturated heterocycles. The molecule has 5 aromatic rings. The van der Waals surface area contributed by atoms with Crippen LogP contribution < -0.4 is 14.9 Å². The highest BCUT2D eigenvalue weighted by molar-refractivity contribution is 5.92. The van der Waals surface area contributed by atoms with E-state index in [1.54, 1.807) is 42.5 Å². The van der Waals surface area contributed by atoms with Crippen LogP contribution in [0.3, 0.4) is 0 Å². The molecule has 2 heterocycles. The van der Waals surface area contributed by atoms with Gasteiger partial charge >= 0.3 is 5.91 Å². The molecular formula is C32H28FN3O4. The van der Waals surface area contributed by atoms with E-state index >= 15 is 0 Å². The van der Waals surface area contributed by atoms with Gasteiger partial charge in [-0.1, -0.05) is 24.3 Å². The summed E-state index contributed by atoms with van der Waals surface area (Å²) in [6, 6.07) is 28.7. The van der Waals surface area contributed by atoms with E-state index in [0.29, 0.717) is 17.3 Å². The average Bonchev–Trinajstić information content (AvgIpc) is 3.57. The van der Waals surface area contributed by atoms with Crippen LogP contribution >= 0.6 is 0 Å². The summed E-state index contributed by atoms with van der Waals surface area (Å²) in [6.45, 7) is 4.55. The molecule has 2 aromatic heterocycles. The summed E-state index contributed by atoms with van der Waals surface area (Å²) in [7, 11) is 0. The first kappa shape index (κ1) is 26.5. The van der Waals surface area contributed by atoms with E-state index in [1.807, 2.05) is 30.3 Å². The minimum absolute atomic E-state index is 0.122. The topological polar surface area (TPSA) is 78.0 Å². The molecule has 0 aliphatic heterocycles. The summed E-state index contributed by atoms with van der Waals surface area (Å²) in [6.07, 6.45) is 1.50. The number of halogens is 1. The summed E-state index contributed by atoms with van der Waals surface area (Å²) in [5, 5.41) is 4.01. The van der Waals surface area contributed by atoms with Gasteiger partial charge in [0.25, 0.3) is 0 Å². The van der Waals surface area contributed by atoms with E-state index in [4.69, 9.17) is 13.9 Å². The minimum atomic E-state index is -0.483. The maximum Gasteiger partial charge on any atom is 0.307 e. The number of nitrogens with one attached hydrogen (secondary N) is 1. The lowest BCUT2D eigenvalue weighted by Crippen LogP contribution is -2.16. The molecule has 8 heteroatoms. The molecule has 0 unspecified atom stereocenters. The van der Waals surface area contributed by atoms with Crippen LogP contribution in [0.15, 0.2) is 107 Å². The number of rotatable bonds is 10. The zero-order valence-corrected chi connectivity index (χ0v) is 22.1. The number of hydrogen-bond acceptors (Lipinski definition) is 5. The van der Waals surface area contributed by atoms with Gasteiger partial charge in [-0.3, -0.25) is 4.79 Å². The van der Waals surface area contributed by atoms with Gasteiger partial charge in [-0.2, -0.15) is 5.10 Å². The lowest BCUT2D eigenvalue weighted by Gasteiger charge is -2.10. The Balaban J connectivity index is 1.11. The Labute approximate surface area is 231 Å². The van der Waals surface area contributed by atoms with Crippen molar-refractivity contribution in [3.05, 3.63) is 137 Å². The molecule has 5 rings (SSSR count). The Morgan fingerprint density at radius 1 is 0.875 bits per heavy atom. The molecule has 0 fully saturated rings. The Hall–Kier alpha value is -5.11. The molecule has 0 aliphatic carbocycles. The molecule has 7 nitrogen and oxygen atoms in total. The van der Waals surface area contributed by atoms with Crippen LogP contribution in [-0.4, -0.2) is 16.7 Å². The van der Waals surface area contributed by atoms with E-state index in [0.717, 1.165) is 28.2 Å². The maximum atomic E-state index is 13.3. The number of furan rings is 1. The standard InChI is InChI=1S/C32H28FN3O4/c1-22-9-10-23(2)36(22)27-11-13-28(14-12-27)39-21-30-15-16-31(40-30)32(37)35-34-19-24-5-4-8-29(18-24)38-20-25-6-3-7-26(33)17-25/h3-19H,20-21H2,1-2H3,(H,35,37)/b34-19+. The second kappa shape index (κ2) is 12.2. The second-order valence-electron chi connectivity index (χ2n) is 9.19. The van der Waals surface area contributed by atoms with Gasteiger partial charge in [-0.05, 0) is 97.8 Å². The Kier molecular flexibility index (Phi) is 8.06.